The molecule has 0 aliphatic carbocycles. The molecule has 0 radical (unpaired) electrons. The molecule has 1 atom stereocenters. The Bertz CT molecular complexity index is 403. The fourth-order valence-electron chi connectivity index (χ4n) is 2.23. The molecule has 0 fully saturated rings. The number of hydrogen-bond acceptors (Lipinski definition) is 3. The zero-order valence-electron chi connectivity index (χ0n) is 12.9. The highest BCUT2D eigenvalue weighted by Crippen LogP contribution is 2.14. The van der Waals surface area contributed by atoms with Crippen molar-refractivity contribution in [2.75, 3.05) is 18.0 Å². The summed E-state index contributed by atoms with van der Waals surface area (Å²) in [6, 6.07) is 8.31. The van der Waals surface area contributed by atoms with E-state index in [1.165, 1.54) is 0 Å². The topological polar surface area (TPSA) is 58.4 Å². The number of carbonyl (C=O) groups is 1. The minimum Gasteiger partial charge on any atom is -0.363 e. The van der Waals surface area contributed by atoms with Crippen LogP contribution >= 0.6 is 0 Å². The van der Waals surface area contributed by atoms with E-state index in [4.69, 9.17) is 5.73 Å². The molecule has 0 aliphatic rings. The average Bonchev–Trinajstić information content (AvgIpc) is 2.45. The highest BCUT2D eigenvalue weighted by Gasteiger charge is 2.11. The Balaban J connectivity index is 2.59. The molecule has 20 heavy (non-hydrogen) atoms. The molecule has 112 valence electrons. The number of benzene rings is 1. The minimum atomic E-state index is 0.0794. The molecule has 0 saturated carbocycles. The third kappa shape index (κ3) is 5.21. The molecule has 0 heterocycles. The van der Waals surface area contributed by atoms with Crippen LogP contribution in [-0.2, 0) is 11.3 Å². The number of amides is 1. The molecule has 1 rings (SSSR count). The average molecular weight is 277 g/mol. The summed E-state index contributed by atoms with van der Waals surface area (Å²) in [5.74, 6) is 0.0794. The lowest BCUT2D eigenvalue weighted by atomic mass is 10.2. The van der Waals surface area contributed by atoms with E-state index < -0.39 is 0 Å². The molecule has 4 nitrogen and oxygen atoms in total. The maximum atomic E-state index is 12.0. The Morgan fingerprint density at radius 2 is 1.95 bits per heavy atom. The van der Waals surface area contributed by atoms with Crippen molar-refractivity contribution in [2.24, 2.45) is 5.73 Å². The maximum Gasteiger partial charge on any atom is 0.239 e. The number of nitrogens with zero attached hydrogens (tertiary/aromatic N) is 1. The number of rotatable bonds is 8. The molecule has 1 unspecified atom stereocenters. The molecule has 0 bridgehead atoms. The Kier molecular flexibility index (Phi) is 7.09. The number of hydrogen-bond donors (Lipinski definition) is 2. The third-order valence-electron chi connectivity index (χ3n) is 3.38. The van der Waals surface area contributed by atoms with Gasteiger partial charge in [0.2, 0.25) is 5.91 Å². The standard InChI is InChI=1S/C16H27N3O/c1-4-6-13(3)18-16(20)12-19(5-2)15-9-7-14(11-17)8-10-15/h7-10,13H,4-6,11-12,17H2,1-3H3,(H,18,20). The van der Waals surface area contributed by atoms with Gasteiger partial charge in [0.15, 0.2) is 0 Å². The van der Waals surface area contributed by atoms with E-state index in [-0.39, 0.29) is 11.9 Å². The van der Waals surface area contributed by atoms with E-state index in [9.17, 15) is 4.79 Å². The molecule has 0 saturated heterocycles. The molecule has 1 amide bonds. The van der Waals surface area contributed by atoms with E-state index >= 15 is 0 Å². The third-order valence-corrected chi connectivity index (χ3v) is 3.38. The zero-order chi connectivity index (χ0) is 15.0. The summed E-state index contributed by atoms with van der Waals surface area (Å²) in [7, 11) is 0. The first-order chi connectivity index (χ1) is 9.60. The Morgan fingerprint density at radius 3 is 2.45 bits per heavy atom. The lowest BCUT2D eigenvalue weighted by molar-refractivity contribution is -0.120. The van der Waals surface area contributed by atoms with Crippen molar-refractivity contribution in [1.82, 2.24) is 5.32 Å². The van der Waals surface area contributed by atoms with Gasteiger partial charge in [-0.25, -0.2) is 0 Å². The van der Waals surface area contributed by atoms with E-state index in [1.54, 1.807) is 0 Å². The zero-order valence-corrected chi connectivity index (χ0v) is 12.9. The van der Waals surface area contributed by atoms with E-state index in [2.05, 4.69) is 24.1 Å². The summed E-state index contributed by atoms with van der Waals surface area (Å²) in [6.07, 6.45) is 2.10. The van der Waals surface area contributed by atoms with Crippen molar-refractivity contribution >= 4 is 11.6 Å². The molecule has 1 aromatic rings. The monoisotopic (exact) mass is 277 g/mol. The van der Waals surface area contributed by atoms with Crippen molar-refractivity contribution in [1.29, 1.82) is 0 Å². The van der Waals surface area contributed by atoms with Crippen molar-refractivity contribution in [3.05, 3.63) is 29.8 Å². The highest BCUT2D eigenvalue weighted by molar-refractivity contribution is 5.81. The van der Waals surface area contributed by atoms with Crippen LogP contribution in [0.25, 0.3) is 0 Å². The molecule has 1 aromatic carbocycles. The van der Waals surface area contributed by atoms with Gasteiger partial charge in [-0.15, -0.1) is 0 Å². The largest absolute Gasteiger partial charge is 0.363 e. The van der Waals surface area contributed by atoms with E-state index in [0.717, 1.165) is 30.6 Å². The molecule has 0 aromatic heterocycles. The van der Waals surface area contributed by atoms with Crippen LogP contribution in [0.15, 0.2) is 24.3 Å². The summed E-state index contributed by atoms with van der Waals surface area (Å²) in [6.45, 7) is 7.97. The van der Waals surface area contributed by atoms with Crippen LogP contribution in [-0.4, -0.2) is 25.0 Å². The first-order valence-electron chi connectivity index (χ1n) is 7.44. The van der Waals surface area contributed by atoms with Gasteiger partial charge in [-0.1, -0.05) is 25.5 Å². The smallest absolute Gasteiger partial charge is 0.239 e. The normalized spacial score (nSPS) is 12.0. The number of carbonyl (C=O) groups excluding carboxylic acids is 1. The Hall–Kier alpha value is -1.55. The maximum absolute atomic E-state index is 12.0. The number of nitrogens with two attached hydrogens (primary N) is 1. The summed E-state index contributed by atoms with van der Waals surface area (Å²) in [4.78, 5) is 14.1. The minimum absolute atomic E-state index is 0.0794. The second-order valence-corrected chi connectivity index (χ2v) is 5.14. The fourth-order valence-corrected chi connectivity index (χ4v) is 2.23. The molecule has 4 heteroatoms. The quantitative estimate of drug-likeness (QED) is 0.766. The molecule has 0 aliphatic heterocycles. The second kappa shape index (κ2) is 8.59. The predicted molar refractivity (Wildman–Crippen MR) is 84.7 cm³/mol. The molecular formula is C16H27N3O. The SMILES string of the molecule is CCCC(C)NC(=O)CN(CC)c1ccc(CN)cc1. The van der Waals surface area contributed by atoms with Gasteiger partial charge in [0.1, 0.15) is 0 Å². The van der Waals surface area contributed by atoms with Crippen molar-refractivity contribution in [3.8, 4) is 0 Å². The van der Waals surface area contributed by atoms with Gasteiger partial charge in [0, 0.05) is 24.8 Å². The van der Waals surface area contributed by atoms with Gasteiger partial charge >= 0.3 is 0 Å². The van der Waals surface area contributed by atoms with Gasteiger partial charge in [-0.3, -0.25) is 4.79 Å². The van der Waals surface area contributed by atoms with Gasteiger partial charge in [0.05, 0.1) is 6.54 Å². The second-order valence-electron chi connectivity index (χ2n) is 5.14. The Labute approximate surface area is 122 Å². The lowest BCUT2D eigenvalue weighted by Crippen LogP contribution is -2.41. The van der Waals surface area contributed by atoms with Crippen LogP contribution in [0.1, 0.15) is 39.2 Å². The summed E-state index contributed by atoms with van der Waals surface area (Å²) in [5, 5.41) is 3.04. The van der Waals surface area contributed by atoms with E-state index in [1.807, 2.05) is 31.2 Å². The van der Waals surface area contributed by atoms with Gasteiger partial charge in [-0.05, 0) is 38.0 Å². The van der Waals surface area contributed by atoms with E-state index in [0.29, 0.717) is 13.1 Å². The number of nitrogens with one attached hydrogen (secondary N) is 1. The van der Waals surface area contributed by atoms with Crippen LogP contribution in [0.3, 0.4) is 0 Å². The van der Waals surface area contributed by atoms with Crippen LogP contribution in [0.4, 0.5) is 5.69 Å². The van der Waals surface area contributed by atoms with Crippen molar-refractivity contribution in [3.63, 3.8) is 0 Å². The van der Waals surface area contributed by atoms with Crippen LogP contribution in [0, 0.1) is 0 Å². The van der Waals surface area contributed by atoms with Crippen molar-refractivity contribution < 1.29 is 4.79 Å². The number of likely N-dealkylation sites (N-methyl/N-ethyl adjacent to an activating group) is 1. The first-order valence-corrected chi connectivity index (χ1v) is 7.44. The van der Waals surface area contributed by atoms with Crippen molar-refractivity contribution in [2.45, 2.75) is 46.2 Å². The molecule has 0 spiro atoms. The van der Waals surface area contributed by atoms with Crippen LogP contribution in [0.2, 0.25) is 0 Å². The Morgan fingerprint density at radius 1 is 1.30 bits per heavy atom. The summed E-state index contributed by atoms with van der Waals surface area (Å²) >= 11 is 0. The lowest BCUT2D eigenvalue weighted by Gasteiger charge is -2.24. The fraction of sp³-hybridized carbons (Fsp3) is 0.562. The molecule has 3 N–H and O–H groups in total. The molecular weight excluding hydrogens is 250 g/mol. The van der Waals surface area contributed by atoms with Gasteiger partial charge in [0.25, 0.3) is 0 Å². The predicted octanol–water partition coefficient (Wildman–Crippen LogP) is 2.28. The first kappa shape index (κ1) is 16.5. The van der Waals surface area contributed by atoms with Crippen LogP contribution in [0.5, 0.6) is 0 Å². The van der Waals surface area contributed by atoms with Gasteiger partial charge < -0.3 is 16.0 Å². The summed E-state index contributed by atoms with van der Waals surface area (Å²) in [5.41, 5.74) is 7.76. The van der Waals surface area contributed by atoms with Gasteiger partial charge in [-0.2, -0.15) is 0 Å². The number of anilines is 1. The summed E-state index contributed by atoms with van der Waals surface area (Å²) < 4.78 is 0. The van der Waals surface area contributed by atoms with Crippen LogP contribution < -0.4 is 16.0 Å². The highest BCUT2D eigenvalue weighted by atomic mass is 16.2.